The number of nitrogens with one attached hydrogen (secondary N) is 1. The minimum absolute atomic E-state index is 0.0891. The van der Waals surface area contributed by atoms with E-state index >= 15 is 0 Å². The summed E-state index contributed by atoms with van der Waals surface area (Å²) in [7, 11) is 0. The summed E-state index contributed by atoms with van der Waals surface area (Å²) in [6.07, 6.45) is 1.07. The van der Waals surface area contributed by atoms with Crippen LogP contribution in [-0.4, -0.2) is 12.5 Å². The highest BCUT2D eigenvalue weighted by molar-refractivity contribution is 7.10. The SMILES string of the molecule is O=C1NC[C@@H]2C[C@]12c1cccs1. The Morgan fingerprint density at radius 2 is 2.58 bits per heavy atom. The van der Waals surface area contributed by atoms with E-state index in [1.807, 2.05) is 11.4 Å². The van der Waals surface area contributed by atoms with Gasteiger partial charge in [-0.2, -0.15) is 0 Å². The Kier molecular flexibility index (Phi) is 1.06. The summed E-state index contributed by atoms with van der Waals surface area (Å²) in [6.45, 7) is 0.886. The molecular formula is C9H9NOS. The summed E-state index contributed by atoms with van der Waals surface area (Å²) < 4.78 is 0. The van der Waals surface area contributed by atoms with Crippen molar-refractivity contribution in [2.24, 2.45) is 5.92 Å². The van der Waals surface area contributed by atoms with Crippen molar-refractivity contribution in [3.05, 3.63) is 22.4 Å². The van der Waals surface area contributed by atoms with Gasteiger partial charge in [-0.1, -0.05) is 6.07 Å². The Balaban J connectivity index is 2.08. The number of hydrogen-bond donors (Lipinski definition) is 1. The molecule has 1 saturated heterocycles. The first-order chi connectivity index (χ1) is 5.84. The van der Waals surface area contributed by atoms with Crippen LogP contribution in [-0.2, 0) is 10.2 Å². The van der Waals surface area contributed by atoms with Crippen LogP contribution in [0.2, 0.25) is 0 Å². The van der Waals surface area contributed by atoms with E-state index in [-0.39, 0.29) is 11.3 Å². The van der Waals surface area contributed by atoms with Gasteiger partial charge in [0.15, 0.2) is 0 Å². The summed E-state index contributed by atoms with van der Waals surface area (Å²) in [5.74, 6) is 0.832. The van der Waals surface area contributed by atoms with Gasteiger partial charge in [-0.25, -0.2) is 0 Å². The van der Waals surface area contributed by atoms with E-state index in [2.05, 4.69) is 11.4 Å². The maximum atomic E-state index is 11.5. The van der Waals surface area contributed by atoms with Crippen molar-refractivity contribution < 1.29 is 4.79 Å². The van der Waals surface area contributed by atoms with E-state index in [1.165, 1.54) is 4.88 Å². The molecule has 0 radical (unpaired) electrons. The van der Waals surface area contributed by atoms with E-state index in [4.69, 9.17) is 0 Å². The molecule has 1 aliphatic carbocycles. The van der Waals surface area contributed by atoms with E-state index in [1.54, 1.807) is 11.3 Å². The normalized spacial score (nSPS) is 37.7. The molecule has 0 unspecified atom stereocenters. The molecule has 2 atom stereocenters. The van der Waals surface area contributed by atoms with Crippen molar-refractivity contribution in [2.45, 2.75) is 11.8 Å². The molecule has 0 aromatic carbocycles. The first-order valence-electron chi connectivity index (χ1n) is 4.16. The smallest absolute Gasteiger partial charge is 0.231 e. The maximum absolute atomic E-state index is 11.5. The van der Waals surface area contributed by atoms with Gasteiger partial charge in [0.2, 0.25) is 5.91 Å². The van der Waals surface area contributed by atoms with Crippen molar-refractivity contribution in [1.82, 2.24) is 5.32 Å². The van der Waals surface area contributed by atoms with Crippen LogP contribution in [0.5, 0.6) is 0 Å². The zero-order chi connectivity index (χ0) is 8.18. The predicted octanol–water partition coefficient (Wildman–Crippen LogP) is 1.14. The Labute approximate surface area is 74.6 Å². The molecule has 1 N–H and O–H groups in total. The lowest BCUT2D eigenvalue weighted by Crippen LogP contribution is -2.27. The van der Waals surface area contributed by atoms with E-state index in [0.717, 1.165) is 13.0 Å². The third kappa shape index (κ3) is 0.591. The van der Waals surface area contributed by atoms with Gasteiger partial charge in [0.05, 0.1) is 5.41 Å². The fraction of sp³-hybridized carbons (Fsp3) is 0.444. The van der Waals surface area contributed by atoms with Gasteiger partial charge in [0.1, 0.15) is 0 Å². The lowest BCUT2D eigenvalue weighted by Gasteiger charge is -2.05. The van der Waals surface area contributed by atoms with Crippen LogP contribution in [0.4, 0.5) is 0 Å². The zero-order valence-electron chi connectivity index (χ0n) is 6.54. The second-order valence-electron chi connectivity index (χ2n) is 3.56. The van der Waals surface area contributed by atoms with Crippen LogP contribution in [0.15, 0.2) is 17.5 Å². The van der Waals surface area contributed by atoms with Crippen molar-refractivity contribution in [3.8, 4) is 0 Å². The zero-order valence-corrected chi connectivity index (χ0v) is 7.36. The number of carbonyl (C=O) groups excluding carboxylic acids is 1. The molecule has 2 fully saturated rings. The van der Waals surface area contributed by atoms with E-state index in [0.29, 0.717) is 5.92 Å². The first-order valence-corrected chi connectivity index (χ1v) is 5.04. The molecule has 1 amide bonds. The molecule has 0 bridgehead atoms. The van der Waals surface area contributed by atoms with Gasteiger partial charge >= 0.3 is 0 Å². The standard InChI is InChI=1S/C9H9NOS/c11-8-9(4-6(9)5-10-8)7-2-1-3-12-7/h1-3,6H,4-5H2,(H,10,11)/t6-,9-/m0/s1. The summed E-state index contributed by atoms with van der Waals surface area (Å²) in [5, 5.41) is 4.96. The molecule has 12 heavy (non-hydrogen) atoms. The first kappa shape index (κ1) is 6.66. The molecule has 0 spiro atoms. The lowest BCUT2D eigenvalue weighted by atomic mass is 10.0. The summed E-state index contributed by atoms with van der Waals surface area (Å²) in [5.41, 5.74) is -0.0891. The molecule has 1 aromatic heterocycles. The van der Waals surface area contributed by atoms with E-state index < -0.39 is 0 Å². The number of amides is 1. The van der Waals surface area contributed by atoms with Crippen molar-refractivity contribution >= 4 is 17.2 Å². The Morgan fingerprint density at radius 1 is 1.67 bits per heavy atom. The minimum Gasteiger partial charge on any atom is -0.355 e. The van der Waals surface area contributed by atoms with Crippen LogP contribution in [0, 0.1) is 5.92 Å². The predicted molar refractivity (Wildman–Crippen MR) is 47.1 cm³/mol. The molecule has 2 nitrogen and oxygen atoms in total. The Hall–Kier alpha value is -0.830. The second-order valence-corrected chi connectivity index (χ2v) is 4.51. The molecule has 3 rings (SSSR count). The fourth-order valence-corrected chi connectivity index (χ4v) is 3.19. The van der Waals surface area contributed by atoms with Gasteiger partial charge in [-0.05, 0) is 23.8 Å². The average molecular weight is 179 g/mol. The number of piperidine rings is 1. The highest BCUT2D eigenvalue weighted by Crippen LogP contribution is 2.58. The third-order valence-electron chi connectivity index (χ3n) is 2.98. The molecule has 3 heteroatoms. The molecule has 2 aliphatic rings. The van der Waals surface area contributed by atoms with Crippen LogP contribution in [0.25, 0.3) is 0 Å². The van der Waals surface area contributed by atoms with Crippen molar-refractivity contribution in [2.75, 3.05) is 6.54 Å². The monoisotopic (exact) mass is 179 g/mol. The van der Waals surface area contributed by atoms with Crippen molar-refractivity contribution in [1.29, 1.82) is 0 Å². The molecule has 2 heterocycles. The summed E-state index contributed by atoms with van der Waals surface area (Å²) in [6, 6.07) is 4.10. The summed E-state index contributed by atoms with van der Waals surface area (Å²) in [4.78, 5) is 12.8. The largest absolute Gasteiger partial charge is 0.355 e. The molecule has 1 aromatic rings. The number of fused-ring (bicyclic) bond motifs is 1. The lowest BCUT2D eigenvalue weighted by molar-refractivity contribution is -0.121. The highest BCUT2D eigenvalue weighted by Gasteiger charge is 2.65. The quantitative estimate of drug-likeness (QED) is 0.688. The number of thiophene rings is 1. The van der Waals surface area contributed by atoms with Crippen LogP contribution in [0.1, 0.15) is 11.3 Å². The molecular weight excluding hydrogens is 170 g/mol. The van der Waals surface area contributed by atoms with Gasteiger partial charge in [0.25, 0.3) is 0 Å². The molecule has 1 saturated carbocycles. The Bertz CT molecular complexity index is 332. The van der Waals surface area contributed by atoms with Gasteiger partial charge in [-0.15, -0.1) is 11.3 Å². The Morgan fingerprint density at radius 3 is 3.08 bits per heavy atom. The van der Waals surface area contributed by atoms with Crippen LogP contribution in [0.3, 0.4) is 0 Å². The number of hydrogen-bond acceptors (Lipinski definition) is 2. The minimum atomic E-state index is -0.0891. The number of rotatable bonds is 1. The number of carbonyl (C=O) groups is 1. The van der Waals surface area contributed by atoms with Gasteiger partial charge < -0.3 is 5.32 Å². The van der Waals surface area contributed by atoms with Gasteiger partial charge in [0, 0.05) is 11.4 Å². The topological polar surface area (TPSA) is 29.1 Å². The summed E-state index contributed by atoms with van der Waals surface area (Å²) >= 11 is 1.70. The molecule has 1 aliphatic heterocycles. The third-order valence-corrected chi connectivity index (χ3v) is 4.03. The van der Waals surface area contributed by atoms with Crippen molar-refractivity contribution in [3.63, 3.8) is 0 Å². The maximum Gasteiger partial charge on any atom is 0.231 e. The van der Waals surface area contributed by atoms with E-state index in [9.17, 15) is 4.79 Å². The second kappa shape index (κ2) is 1.91. The molecule has 62 valence electrons. The van der Waals surface area contributed by atoms with Crippen LogP contribution >= 0.6 is 11.3 Å². The van der Waals surface area contributed by atoms with Crippen LogP contribution < -0.4 is 5.32 Å². The van der Waals surface area contributed by atoms with Gasteiger partial charge in [-0.3, -0.25) is 4.79 Å². The highest BCUT2D eigenvalue weighted by atomic mass is 32.1. The fourth-order valence-electron chi connectivity index (χ4n) is 2.17. The average Bonchev–Trinajstić information content (AvgIpc) is 2.49.